The van der Waals surface area contributed by atoms with E-state index in [9.17, 15) is 18.8 Å². The first-order chi connectivity index (χ1) is 14.8. The molecule has 31 heavy (non-hydrogen) atoms. The third-order valence-electron chi connectivity index (χ3n) is 5.61. The van der Waals surface area contributed by atoms with Crippen LogP contribution in [0.25, 0.3) is 0 Å². The Hall–Kier alpha value is -3.06. The minimum atomic E-state index is -0.352. The van der Waals surface area contributed by atoms with E-state index < -0.39 is 0 Å². The lowest BCUT2D eigenvalue weighted by atomic mass is 10.0. The van der Waals surface area contributed by atoms with Crippen LogP contribution in [0.3, 0.4) is 0 Å². The molecule has 164 valence electrons. The third-order valence-corrected chi connectivity index (χ3v) is 5.61. The molecule has 6 nitrogen and oxygen atoms in total. The van der Waals surface area contributed by atoms with Crippen LogP contribution in [0.4, 0.5) is 10.1 Å². The van der Waals surface area contributed by atoms with Crippen molar-refractivity contribution in [3.05, 3.63) is 65.0 Å². The number of halogens is 1. The fourth-order valence-corrected chi connectivity index (χ4v) is 3.53. The highest BCUT2D eigenvalue weighted by molar-refractivity contribution is 5.98. The van der Waals surface area contributed by atoms with Gasteiger partial charge in [0.2, 0.25) is 11.8 Å². The van der Waals surface area contributed by atoms with Gasteiger partial charge in [0.1, 0.15) is 5.82 Å². The van der Waals surface area contributed by atoms with Crippen molar-refractivity contribution in [2.45, 2.75) is 26.7 Å². The Bertz CT molecular complexity index is 951. The molecule has 0 aromatic heterocycles. The normalized spacial score (nSPS) is 14.4. The van der Waals surface area contributed by atoms with Crippen LogP contribution in [0, 0.1) is 19.7 Å². The van der Waals surface area contributed by atoms with Gasteiger partial charge in [-0.25, -0.2) is 4.39 Å². The summed E-state index contributed by atoms with van der Waals surface area (Å²) < 4.78 is 12.9. The summed E-state index contributed by atoms with van der Waals surface area (Å²) in [6.45, 7) is 6.42. The van der Waals surface area contributed by atoms with Gasteiger partial charge in [-0.05, 0) is 55.3 Å². The number of aryl methyl sites for hydroxylation is 2. The number of carbonyl (C=O) groups excluding carboxylic acids is 3. The molecule has 0 atom stereocenters. The zero-order chi connectivity index (χ0) is 22.4. The maximum absolute atomic E-state index is 12.9. The number of piperazine rings is 1. The molecular weight excluding hydrogens is 397 g/mol. The number of benzene rings is 2. The Balaban J connectivity index is 1.40. The predicted molar refractivity (Wildman–Crippen MR) is 118 cm³/mol. The van der Waals surface area contributed by atoms with E-state index in [1.54, 1.807) is 4.90 Å². The Kier molecular flexibility index (Phi) is 7.52. The molecular formula is C24H28FN3O3. The molecule has 1 fully saturated rings. The molecule has 0 radical (unpaired) electrons. The summed E-state index contributed by atoms with van der Waals surface area (Å²) in [4.78, 5) is 40.8. The van der Waals surface area contributed by atoms with Crippen LogP contribution in [0.2, 0.25) is 0 Å². The summed E-state index contributed by atoms with van der Waals surface area (Å²) in [5.41, 5.74) is 3.40. The van der Waals surface area contributed by atoms with Crippen LogP contribution >= 0.6 is 0 Å². The molecule has 0 bridgehead atoms. The summed E-state index contributed by atoms with van der Waals surface area (Å²) >= 11 is 0. The largest absolute Gasteiger partial charge is 0.340 e. The van der Waals surface area contributed by atoms with E-state index in [2.05, 4.69) is 5.32 Å². The minimum Gasteiger partial charge on any atom is -0.340 e. The number of anilines is 1. The number of nitrogens with zero attached hydrogens (tertiary/aromatic N) is 2. The molecule has 0 saturated carbocycles. The monoisotopic (exact) mass is 425 g/mol. The Morgan fingerprint density at radius 3 is 2.23 bits per heavy atom. The number of amides is 2. The van der Waals surface area contributed by atoms with Crippen LogP contribution in [0.5, 0.6) is 0 Å². The fourth-order valence-electron chi connectivity index (χ4n) is 3.53. The van der Waals surface area contributed by atoms with Crippen LogP contribution in [0.1, 0.15) is 34.3 Å². The van der Waals surface area contributed by atoms with Crippen molar-refractivity contribution in [3.8, 4) is 0 Å². The average Bonchev–Trinajstić information content (AvgIpc) is 2.76. The van der Waals surface area contributed by atoms with Crippen LogP contribution < -0.4 is 5.32 Å². The lowest BCUT2D eigenvalue weighted by molar-refractivity contribution is -0.133. The molecule has 0 unspecified atom stereocenters. The van der Waals surface area contributed by atoms with Gasteiger partial charge < -0.3 is 10.2 Å². The number of hydrogen-bond donors (Lipinski definition) is 1. The first-order valence-electron chi connectivity index (χ1n) is 10.5. The number of ketones is 1. The topological polar surface area (TPSA) is 69.7 Å². The number of hydrogen-bond acceptors (Lipinski definition) is 4. The number of rotatable bonds is 7. The van der Waals surface area contributed by atoms with E-state index in [0.717, 1.165) is 11.1 Å². The van der Waals surface area contributed by atoms with Crippen LogP contribution in [0.15, 0.2) is 42.5 Å². The smallest absolute Gasteiger partial charge is 0.238 e. The molecule has 0 aliphatic carbocycles. The van der Waals surface area contributed by atoms with Gasteiger partial charge in [-0.2, -0.15) is 0 Å². The minimum absolute atomic E-state index is 0.0208. The van der Waals surface area contributed by atoms with Gasteiger partial charge in [0.05, 0.1) is 6.54 Å². The van der Waals surface area contributed by atoms with Gasteiger partial charge in [0.15, 0.2) is 5.78 Å². The molecule has 1 aliphatic rings. The summed E-state index contributed by atoms with van der Waals surface area (Å²) in [5, 5.41) is 2.74. The third kappa shape index (κ3) is 6.46. The highest BCUT2D eigenvalue weighted by atomic mass is 19.1. The van der Waals surface area contributed by atoms with E-state index in [1.807, 2.05) is 36.9 Å². The first-order valence-corrected chi connectivity index (χ1v) is 10.5. The van der Waals surface area contributed by atoms with Crippen molar-refractivity contribution in [2.24, 2.45) is 0 Å². The summed E-state index contributed by atoms with van der Waals surface area (Å²) in [7, 11) is 0. The zero-order valence-electron chi connectivity index (χ0n) is 18.0. The standard InChI is InChI=1S/C24H28FN3O3/c1-17-3-4-19(15-18(17)2)22(29)9-10-24(31)28-13-11-27(12-14-28)16-23(30)26-21-7-5-20(25)6-8-21/h3-8,15H,9-14,16H2,1-2H3,(H,26,30). The van der Waals surface area contributed by atoms with Crippen LogP contribution in [-0.2, 0) is 9.59 Å². The zero-order valence-corrected chi connectivity index (χ0v) is 18.0. The average molecular weight is 426 g/mol. The molecule has 2 aromatic rings. The Morgan fingerprint density at radius 2 is 1.58 bits per heavy atom. The molecule has 2 amide bonds. The SMILES string of the molecule is Cc1ccc(C(=O)CCC(=O)N2CCN(CC(=O)Nc3ccc(F)cc3)CC2)cc1C. The second kappa shape index (κ2) is 10.3. The molecule has 1 N–H and O–H groups in total. The molecule has 1 heterocycles. The van der Waals surface area contributed by atoms with Crippen molar-refractivity contribution < 1.29 is 18.8 Å². The number of nitrogens with one attached hydrogen (secondary N) is 1. The van der Waals surface area contributed by atoms with E-state index in [4.69, 9.17) is 0 Å². The second-order valence-electron chi connectivity index (χ2n) is 7.93. The molecule has 0 spiro atoms. The van der Waals surface area contributed by atoms with E-state index in [1.165, 1.54) is 24.3 Å². The van der Waals surface area contributed by atoms with Gasteiger partial charge in [0, 0.05) is 50.3 Å². The summed E-state index contributed by atoms with van der Waals surface area (Å²) in [6, 6.07) is 11.2. The highest BCUT2D eigenvalue weighted by Crippen LogP contribution is 2.14. The highest BCUT2D eigenvalue weighted by Gasteiger charge is 2.23. The molecule has 3 rings (SSSR count). The van der Waals surface area contributed by atoms with Crippen molar-refractivity contribution >= 4 is 23.3 Å². The molecule has 1 saturated heterocycles. The van der Waals surface area contributed by atoms with Crippen molar-refractivity contribution in [1.29, 1.82) is 0 Å². The predicted octanol–water partition coefficient (Wildman–Crippen LogP) is 3.19. The summed E-state index contributed by atoms with van der Waals surface area (Å²) in [6.07, 6.45) is 0.387. The van der Waals surface area contributed by atoms with Gasteiger partial charge in [-0.1, -0.05) is 12.1 Å². The van der Waals surface area contributed by atoms with Crippen molar-refractivity contribution in [1.82, 2.24) is 9.80 Å². The van der Waals surface area contributed by atoms with Crippen molar-refractivity contribution in [2.75, 3.05) is 38.0 Å². The maximum atomic E-state index is 12.9. The second-order valence-corrected chi connectivity index (χ2v) is 7.93. The first kappa shape index (κ1) is 22.6. The van der Waals surface area contributed by atoms with Gasteiger partial charge >= 0.3 is 0 Å². The van der Waals surface area contributed by atoms with E-state index in [0.29, 0.717) is 37.4 Å². The van der Waals surface area contributed by atoms with Gasteiger partial charge in [-0.3, -0.25) is 19.3 Å². The number of carbonyl (C=O) groups is 3. The Morgan fingerprint density at radius 1 is 0.903 bits per heavy atom. The molecule has 1 aliphatic heterocycles. The Labute approximate surface area is 182 Å². The van der Waals surface area contributed by atoms with Gasteiger partial charge in [-0.15, -0.1) is 0 Å². The number of Topliss-reactive ketones (excluding diaryl/α,β-unsaturated/α-hetero) is 1. The maximum Gasteiger partial charge on any atom is 0.238 e. The molecule has 7 heteroatoms. The van der Waals surface area contributed by atoms with E-state index in [-0.39, 0.29) is 42.8 Å². The molecule has 2 aromatic carbocycles. The quantitative estimate of drug-likeness (QED) is 0.692. The van der Waals surface area contributed by atoms with Gasteiger partial charge in [0.25, 0.3) is 0 Å². The lowest BCUT2D eigenvalue weighted by Crippen LogP contribution is -2.50. The van der Waals surface area contributed by atoms with E-state index >= 15 is 0 Å². The fraction of sp³-hybridized carbons (Fsp3) is 0.375. The summed E-state index contributed by atoms with van der Waals surface area (Å²) in [5.74, 6) is -0.583. The lowest BCUT2D eigenvalue weighted by Gasteiger charge is -2.34. The van der Waals surface area contributed by atoms with Crippen molar-refractivity contribution in [3.63, 3.8) is 0 Å². The van der Waals surface area contributed by atoms with Crippen LogP contribution in [-0.4, -0.2) is 60.1 Å².